The van der Waals surface area contributed by atoms with Crippen LogP contribution >= 0.6 is 11.3 Å². The lowest BCUT2D eigenvalue weighted by molar-refractivity contribution is -0.111. The van der Waals surface area contributed by atoms with Gasteiger partial charge in [0.2, 0.25) is 0 Å². The van der Waals surface area contributed by atoms with Crippen LogP contribution in [0.1, 0.15) is 40.5 Å². The van der Waals surface area contributed by atoms with Crippen LogP contribution in [0, 0.1) is 17.2 Å². The summed E-state index contributed by atoms with van der Waals surface area (Å²) in [4.78, 5) is 14.5. The molecule has 1 aliphatic rings. The van der Waals surface area contributed by atoms with Crippen molar-refractivity contribution in [2.24, 2.45) is 5.92 Å². The van der Waals surface area contributed by atoms with E-state index in [4.69, 9.17) is 0 Å². The van der Waals surface area contributed by atoms with E-state index in [2.05, 4.69) is 18.3 Å². The van der Waals surface area contributed by atoms with Gasteiger partial charge in [0, 0.05) is 10.5 Å². The third-order valence-corrected chi connectivity index (χ3v) is 6.46. The van der Waals surface area contributed by atoms with E-state index in [1.165, 1.54) is 4.88 Å². The normalized spacial score (nSPS) is 16.0. The second-order valence-electron chi connectivity index (χ2n) is 7.46. The van der Waals surface area contributed by atoms with Crippen LogP contribution in [0.3, 0.4) is 0 Å². The van der Waals surface area contributed by atoms with Crippen molar-refractivity contribution in [2.75, 3.05) is 5.32 Å². The lowest BCUT2D eigenvalue weighted by Gasteiger charge is -2.17. The van der Waals surface area contributed by atoms with Crippen molar-refractivity contribution in [3.63, 3.8) is 0 Å². The monoisotopic (exact) mass is 398 g/mol. The number of nitrogens with one attached hydrogen (secondary N) is 1. The number of benzene rings is 2. The van der Waals surface area contributed by atoms with E-state index in [-0.39, 0.29) is 5.91 Å². The van der Waals surface area contributed by atoms with Crippen LogP contribution in [0.15, 0.2) is 60.7 Å². The summed E-state index contributed by atoms with van der Waals surface area (Å²) in [6.45, 7) is 2.24. The van der Waals surface area contributed by atoms with Crippen molar-refractivity contribution in [1.29, 1.82) is 5.26 Å². The molecule has 0 aliphatic heterocycles. The Morgan fingerprint density at radius 2 is 1.83 bits per heavy atom. The zero-order chi connectivity index (χ0) is 20.2. The number of fused-ring (bicyclic) bond motifs is 1. The minimum Gasteiger partial charge on any atom is -0.312 e. The quantitative estimate of drug-likeness (QED) is 0.438. The predicted molar refractivity (Wildman–Crippen MR) is 120 cm³/mol. The van der Waals surface area contributed by atoms with Crippen LogP contribution in [-0.4, -0.2) is 5.91 Å². The molecule has 0 saturated heterocycles. The molecular weight excluding hydrogens is 376 g/mol. The largest absolute Gasteiger partial charge is 0.312 e. The Balaban J connectivity index is 1.70. The van der Waals surface area contributed by atoms with Gasteiger partial charge in [-0.05, 0) is 47.9 Å². The maximum atomic E-state index is 13.3. The standard InChI is InChI=1S/C25H22N2OS/c1-17-12-13-20-22(16-26)25(29-23(20)14-17)27-24(28)21(19-10-6-3-7-11-19)15-18-8-4-2-5-9-18/h2-11,15,17H,12-14H2,1H3,(H,27,28)/b21-15+/t17-/m0/s1. The molecule has 144 valence electrons. The van der Waals surface area contributed by atoms with Gasteiger partial charge in [-0.25, -0.2) is 0 Å². The van der Waals surface area contributed by atoms with Crippen LogP contribution in [0.5, 0.6) is 0 Å². The summed E-state index contributed by atoms with van der Waals surface area (Å²) in [6.07, 6.45) is 4.88. The molecule has 0 unspecified atom stereocenters. The number of amides is 1. The molecule has 4 rings (SSSR count). The van der Waals surface area contributed by atoms with Gasteiger partial charge in [0.15, 0.2) is 0 Å². The Morgan fingerprint density at radius 1 is 1.14 bits per heavy atom. The Bertz CT molecular complexity index is 1090. The average molecular weight is 399 g/mol. The summed E-state index contributed by atoms with van der Waals surface area (Å²) in [5.74, 6) is 0.428. The Hall–Kier alpha value is -3.16. The lowest BCUT2D eigenvalue weighted by atomic mass is 9.88. The van der Waals surface area contributed by atoms with Crippen LogP contribution < -0.4 is 5.32 Å². The van der Waals surface area contributed by atoms with Gasteiger partial charge in [-0.15, -0.1) is 11.3 Å². The van der Waals surface area contributed by atoms with Gasteiger partial charge >= 0.3 is 0 Å². The van der Waals surface area contributed by atoms with E-state index in [1.807, 2.05) is 66.7 Å². The van der Waals surface area contributed by atoms with Gasteiger partial charge in [-0.2, -0.15) is 5.26 Å². The fourth-order valence-corrected chi connectivity index (χ4v) is 5.10. The number of thiophene rings is 1. The van der Waals surface area contributed by atoms with Crippen LogP contribution in [0.25, 0.3) is 11.6 Å². The first-order valence-corrected chi connectivity index (χ1v) is 10.7. The molecular formula is C25H22N2OS. The molecule has 29 heavy (non-hydrogen) atoms. The van der Waals surface area contributed by atoms with E-state index in [1.54, 1.807) is 11.3 Å². The molecule has 3 aromatic rings. The minimum absolute atomic E-state index is 0.191. The van der Waals surface area contributed by atoms with Crippen molar-refractivity contribution >= 4 is 33.9 Å². The van der Waals surface area contributed by atoms with Crippen LogP contribution in [-0.2, 0) is 17.6 Å². The number of carbonyl (C=O) groups is 1. The fourth-order valence-electron chi connectivity index (χ4n) is 3.74. The first kappa shape index (κ1) is 19.2. The van der Waals surface area contributed by atoms with Crippen molar-refractivity contribution in [2.45, 2.75) is 26.2 Å². The summed E-state index contributed by atoms with van der Waals surface area (Å²) in [5, 5.41) is 13.4. The molecule has 3 nitrogen and oxygen atoms in total. The molecule has 0 bridgehead atoms. The molecule has 0 saturated carbocycles. The third kappa shape index (κ3) is 4.16. The van der Waals surface area contributed by atoms with Crippen molar-refractivity contribution in [1.82, 2.24) is 0 Å². The van der Waals surface area contributed by atoms with Gasteiger partial charge in [-0.1, -0.05) is 67.6 Å². The Morgan fingerprint density at radius 3 is 2.52 bits per heavy atom. The first-order valence-electron chi connectivity index (χ1n) is 9.84. The lowest BCUT2D eigenvalue weighted by Crippen LogP contribution is -2.14. The SMILES string of the molecule is C[C@H]1CCc2c(sc(NC(=O)/C(=C/c3ccccc3)c3ccccc3)c2C#N)C1. The molecule has 1 N–H and O–H groups in total. The summed E-state index contributed by atoms with van der Waals surface area (Å²) in [5.41, 5.74) is 4.15. The maximum Gasteiger partial charge on any atom is 0.256 e. The summed E-state index contributed by atoms with van der Waals surface area (Å²) >= 11 is 1.56. The van der Waals surface area contributed by atoms with E-state index in [9.17, 15) is 10.1 Å². The van der Waals surface area contributed by atoms with E-state index in [0.717, 1.165) is 36.0 Å². The predicted octanol–water partition coefficient (Wildman–Crippen LogP) is 5.92. The molecule has 0 fully saturated rings. The van der Waals surface area contributed by atoms with Gasteiger partial charge in [0.1, 0.15) is 11.1 Å². The molecule has 1 aromatic heterocycles. The zero-order valence-electron chi connectivity index (χ0n) is 16.3. The second kappa shape index (κ2) is 8.46. The van der Waals surface area contributed by atoms with Crippen molar-refractivity contribution in [3.05, 3.63) is 87.8 Å². The van der Waals surface area contributed by atoms with E-state index >= 15 is 0 Å². The number of nitrogens with zero attached hydrogens (tertiary/aromatic N) is 1. The number of carbonyl (C=O) groups excluding carboxylic acids is 1. The third-order valence-electron chi connectivity index (χ3n) is 5.29. The minimum atomic E-state index is -0.191. The highest BCUT2D eigenvalue weighted by atomic mass is 32.1. The van der Waals surface area contributed by atoms with Crippen LogP contribution in [0.4, 0.5) is 5.00 Å². The molecule has 4 heteroatoms. The Kier molecular flexibility index (Phi) is 5.59. The molecule has 0 radical (unpaired) electrons. The molecule has 1 atom stereocenters. The highest BCUT2D eigenvalue weighted by molar-refractivity contribution is 7.16. The van der Waals surface area contributed by atoms with Gasteiger partial charge in [0.25, 0.3) is 5.91 Å². The van der Waals surface area contributed by atoms with E-state index < -0.39 is 0 Å². The van der Waals surface area contributed by atoms with Gasteiger partial charge in [0.05, 0.1) is 5.56 Å². The second-order valence-corrected chi connectivity index (χ2v) is 8.56. The maximum absolute atomic E-state index is 13.3. The topological polar surface area (TPSA) is 52.9 Å². The summed E-state index contributed by atoms with van der Waals surface area (Å²) in [6, 6.07) is 21.8. The fraction of sp³-hybridized carbons (Fsp3) is 0.200. The molecule has 1 heterocycles. The molecule has 1 amide bonds. The molecule has 1 aliphatic carbocycles. The number of hydrogen-bond acceptors (Lipinski definition) is 3. The van der Waals surface area contributed by atoms with Crippen molar-refractivity contribution < 1.29 is 4.79 Å². The molecule has 2 aromatic carbocycles. The number of hydrogen-bond donors (Lipinski definition) is 1. The highest BCUT2D eigenvalue weighted by Crippen LogP contribution is 2.39. The Labute approximate surface area is 175 Å². The summed E-state index contributed by atoms with van der Waals surface area (Å²) in [7, 11) is 0. The van der Waals surface area contributed by atoms with Crippen molar-refractivity contribution in [3.8, 4) is 6.07 Å². The zero-order valence-corrected chi connectivity index (χ0v) is 17.1. The molecule has 0 spiro atoms. The average Bonchev–Trinajstić information content (AvgIpc) is 3.09. The van der Waals surface area contributed by atoms with Crippen LogP contribution in [0.2, 0.25) is 0 Å². The first-order chi connectivity index (χ1) is 14.2. The summed E-state index contributed by atoms with van der Waals surface area (Å²) < 4.78 is 0. The number of nitriles is 1. The number of rotatable bonds is 4. The number of anilines is 1. The van der Waals surface area contributed by atoms with Gasteiger partial charge in [-0.3, -0.25) is 4.79 Å². The smallest absolute Gasteiger partial charge is 0.256 e. The van der Waals surface area contributed by atoms with Gasteiger partial charge < -0.3 is 5.32 Å². The highest BCUT2D eigenvalue weighted by Gasteiger charge is 2.25. The van der Waals surface area contributed by atoms with E-state index in [0.29, 0.717) is 22.1 Å².